The molecule has 0 bridgehead atoms. The molecule has 0 saturated heterocycles. The Morgan fingerprint density at radius 1 is 1.12 bits per heavy atom. The van der Waals surface area contributed by atoms with E-state index in [-0.39, 0.29) is 35.5 Å². The van der Waals surface area contributed by atoms with Gasteiger partial charge in [0, 0.05) is 19.6 Å². The first-order valence-corrected chi connectivity index (χ1v) is 10.9. The minimum absolute atomic E-state index is 0. The lowest BCUT2D eigenvalue weighted by Gasteiger charge is -2.18. The van der Waals surface area contributed by atoms with Crippen molar-refractivity contribution in [1.82, 2.24) is 10.6 Å². The van der Waals surface area contributed by atoms with Crippen LogP contribution >= 0.6 is 24.0 Å². The molecule has 0 heterocycles. The van der Waals surface area contributed by atoms with Gasteiger partial charge in [0.15, 0.2) is 15.8 Å². The van der Waals surface area contributed by atoms with Gasteiger partial charge in [-0.3, -0.25) is 4.99 Å². The standard InChI is InChI=1S/C19H33N3O2S.HI/c1-16(2)11-12-17(3)22-19(20-4)21-13-8-14-25(23,24)15-18-9-6-5-7-10-18;/h5-7,9-10,16-17H,8,11-15H2,1-4H3,(H2,20,21,22);1H. The van der Waals surface area contributed by atoms with Crippen LogP contribution in [0.15, 0.2) is 35.3 Å². The van der Waals surface area contributed by atoms with Crippen LogP contribution in [0.25, 0.3) is 0 Å². The number of hydrogen-bond acceptors (Lipinski definition) is 3. The highest BCUT2D eigenvalue weighted by Crippen LogP contribution is 2.07. The Morgan fingerprint density at radius 2 is 1.77 bits per heavy atom. The molecule has 2 N–H and O–H groups in total. The third-order valence-electron chi connectivity index (χ3n) is 3.94. The zero-order chi connectivity index (χ0) is 18.7. The summed E-state index contributed by atoms with van der Waals surface area (Å²) in [4.78, 5) is 4.20. The van der Waals surface area contributed by atoms with Gasteiger partial charge in [-0.25, -0.2) is 8.42 Å². The number of guanidine groups is 1. The van der Waals surface area contributed by atoms with Crippen LogP contribution in [-0.4, -0.2) is 39.8 Å². The monoisotopic (exact) mass is 495 g/mol. The maximum absolute atomic E-state index is 12.2. The zero-order valence-corrected chi connectivity index (χ0v) is 19.5. The Balaban J connectivity index is 0.00000625. The van der Waals surface area contributed by atoms with Crippen molar-refractivity contribution in [2.75, 3.05) is 19.3 Å². The molecule has 26 heavy (non-hydrogen) atoms. The summed E-state index contributed by atoms with van der Waals surface area (Å²) < 4.78 is 24.3. The Morgan fingerprint density at radius 3 is 2.35 bits per heavy atom. The summed E-state index contributed by atoms with van der Waals surface area (Å²) in [7, 11) is -1.35. The topological polar surface area (TPSA) is 70.6 Å². The van der Waals surface area contributed by atoms with Crippen LogP contribution in [0.3, 0.4) is 0 Å². The highest BCUT2D eigenvalue weighted by Gasteiger charge is 2.12. The van der Waals surface area contributed by atoms with E-state index in [1.54, 1.807) is 7.05 Å². The molecule has 7 heteroatoms. The Bertz CT molecular complexity index is 619. The summed E-state index contributed by atoms with van der Waals surface area (Å²) in [6.07, 6.45) is 2.82. The summed E-state index contributed by atoms with van der Waals surface area (Å²) in [6, 6.07) is 9.65. The molecule has 0 spiro atoms. The average Bonchev–Trinajstić information content (AvgIpc) is 2.56. The zero-order valence-electron chi connectivity index (χ0n) is 16.4. The molecule has 0 amide bonds. The Kier molecular flexibility index (Phi) is 12.9. The normalized spacial score (nSPS) is 13.2. The van der Waals surface area contributed by atoms with E-state index in [9.17, 15) is 8.42 Å². The van der Waals surface area contributed by atoms with Gasteiger partial charge in [-0.2, -0.15) is 0 Å². The van der Waals surface area contributed by atoms with Gasteiger partial charge in [0.25, 0.3) is 0 Å². The van der Waals surface area contributed by atoms with E-state index >= 15 is 0 Å². The number of rotatable bonds is 10. The second kappa shape index (κ2) is 13.4. The van der Waals surface area contributed by atoms with Crippen molar-refractivity contribution in [3.8, 4) is 0 Å². The van der Waals surface area contributed by atoms with Crippen LogP contribution in [0, 0.1) is 5.92 Å². The lowest BCUT2D eigenvalue weighted by atomic mass is 10.0. The van der Waals surface area contributed by atoms with Crippen LogP contribution in [0.1, 0.15) is 45.6 Å². The molecule has 150 valence electrons. The van der Waals surface area contributed by atoms with E-state index in [0.717, 1.165) is 17.9 Å². The van der Waals surface area contributed by atoms with Gasteiger partial charge in [-0.05, 0) is 37.7 Å². The number of nitrogens with zero attached hydrogens (tertiary/aromatic N) is 1. The van der Waals surface area contributed by atoms with Crippen LogP contribution in [0.2, 0.25) is 0 Å². The van der Waals surface area contributed by atoms with Crippen molar-refractivity contribution < 1.29 is 8.42 Å². The van der Waals surface area contributed by atoms with Crippen molar-refractivity contribution in [1.29, 1.82) is 0 Å². The van der Waals surface area contributed by atoms with Gasteiger partial charge >= 0.3 is 0 Å². The highest BCUT2D eigenvalue weighted by molar-refractivity contribution is 14.0. The molecular weight excluding hydrogens is 461 g/mol. The summed E-state index contributed by atoms with van der Waals surface area (Å²) in [6.45, 7) is 7.16. The smallest absolute Gasteiger partial charge is 0.191 e. The molecule has 0 fully saturated rings. The fraction of sp³-hybridized carbons (Fsp3) is 0.632. The summed E-state index contributed by atoms with van der Waals surface area (Å²) in [5.41, 5.74) is 0.840. The molecule has 1 atom stereocenters. The number of hydrogen-bond donors (Lipinski definition) is 2. The number of nitrogens with one attached hydrogen (secondary N) is 2. The van der Waals surface area contributed by atoms with Crippen molar-refractivity contribution in [3.63, 3.8) is 0 Å². The van der Waals surface area contributed by atoms with E-state index in [2.05, 4.69) is 36.4 Å². The first kappa shape index (κ1) is 25.2. The minimum atomic E-state index is -3.08. The SMILES string of the molecule is CN=C(NCCCS(=O)(=O)Cc1ccccc1)NC(C)CCC(C)C.I. The Hall–Kier alpha value is -0.830. The number of aliphatic imine (C=N–C) groups is 1. The molecule has 1 unspecified atom stereocenters. The molecule has 0 aliphatic rings. The number of halogens is 1. The maximum Gasteiger partial charge on any atom is 0.191 e. The van der Waals surface area contributed by atoms with Crippen LogP contribution in [0.5, 0.6) is 0 Å². The van der Waals surface area contributed by atoms with E-state index in [1.165, 1.54) is 6.42 Å². The second-order valence-corrected chi connectivity index (χ2v) is 9.13. The molecule has 0 aliphatic heterocycles. The molecule has 1 rings (SSSR count). The van der Waals surface area contributed by atoms with Crippen molar-refractivity contribution in [3.05, 3.63) is 35.9 Å². The molecular formula is C19H34IN3O2S. The van der Waals surface area contributed by atoms with Crippen molar-refractivity contribution >= 4 is 39.8 Å². The molecule has 5 nitrogen and oxygen atoms in total. The second-order valence-electron chi connectivity index (χ2n) is 6.95. The van der Waals surface area contributed by atoms with E-state index < -0.39 is 9.84 Å². The first-order valence-electron chi connectivity index (χ1n) is 9.04. The molecule has 0 aromatic heterocycles. The van der Waals surface area contributed by atoms with E-state index in [1.807, 2.05) is 30.3 Å². The molecule has 1 aromatic carbocycles. The quantitative estimate of drug-likeness (QED) is 0.225. The molecule has 0 saturated carbocycles. The number of benzene rings is 1. The van der Waals surface area contributed by atoms with Gasteiger partial charge in [0.2, 0.25) is 0 Å². The summed E-state index contributed by atoms with van der Waals surface area (Å²) in [5.74, 6) is 1.70. The molecule has 0 aliphatic carbocycles. The highest BCUT2D eigenvalue weighted by atomic mass is 127. The maximum atomic E-state index is 12.2. The van der Waals surface area contributed by atoms with Crippen molar-refractivity contribution in [2.24, 2.45) is 10.9 Å². The molecule has 0 radical (unpaired) electrons. The van der Waals surface area contributed by atoms with Crippen LogP contribution in [-0.2, 0) is 15.6 Å². The summed E-state index contributed by atoms with van der Waals surface area (Å²) >= 11 is 0. The van der Waals surface area contributed by atoms with Crippen LogP contribution < -0.4 is 10.6 Å². The lowest BCUT2D eigenvalue weighted by molar-refractivity contribution is 0.489. The van der Waals surface area contributed by atoms with Gasteiger partial charge in [0.1, 0.15) is 0 Å². The fourth-order valence-electron chi connectivity index (χ4n) is 2.48. The van der Waals surface area contributed by atoms with Gasteiger partial charge in [-0.15, -0.1) is 24.0 Å². The Labute approximate surface area is 176 Å². The van der Waals surface area contributed by atoms with E-state index in [0.29, 0.717) is 24.9 Å². The van der Waals surface area contributed by atoms with E-state index in [4.69, 9.17) is 0 Å². The third kappa shape index (κ3) is 11.7. The largest absolute Gasteiger partial charge is 0.356 e. The van der Waals surface area contributed by atoms with Gasteiger partial charge in [0.05, 0.1) is 11.5 Å². The molecule has 1 aromatic rings. The number of sulfone groups is 1. The predicted molar refractivity (Wildman–Crippen MR) is 122 cm³/mol. The van der Waals surface area contributed by atoms with Gasteiger partial charge in [-0.1, -0.05) is 44.2 Å². The predicted octanol–water partition coefficient (Wildman–Crippen LogP) is 3.60. The third-order valence-corrected chi connectivity index (χ3v) is 5.62. The lowest BCUT2D eigenvalue weighted by Crippen LogP contribution is -2.42. The minimum Gasteiger partial charge on any atom is -0.356 e. The fourth-order valence-corrected chi connectivity index (χ4v) is 3.91. The van der Waals surface area contributed by atoms with Crippen molar-refractivity contribution in [2.45, 2.75) is 51.8 Å². The van der Waals surface area contributed by atoms with Crippen LogP contribution in [0.4, 0.5) is 0 Å². The van der Waals surface area contributed by atoms with Gasteiger partial charge < -0.3 is 10.6 Å². The summed E-state index contributed by atoms with van der Waals surface area (Å²) in [5, 5.41) is 6.55. The average molecular weight is 495 g/mol. The first-order chi connectivity index (χ1) is 11.8.